The molecule has 0 N–H and O–H groups in total. The van der Waals surface area contributed by atoms with E-state index in [1.165, 1.54) is 0 Å². The number of benzene rings is 3. The molecule has 0 bridgehead atoms. The minimum atomic E-state index is 0.803. The van der Waals surface area contributed by atoms with E-state index in [1.807, 2.05) is 92.7 Å². The summed E-state index contributed by atoms with van der Waals surface area (Å²) in [5.41, 5.74) is 6.40. The number of para-hydroxylation sites is 2. The molecular formula is C24H22N2O. The van der Waals surface area contributed by atoms with Crippen LogP contribution in [-0.2, 0) is 4.79 Å². The summed E-state index contributed by atoms with van der Waals surface area (Å²) < 4.78 is 0. The van der Waals surface area contributed by atoms with Gasteiger partial charge in [0, 0.05) is 17.0 Å². The lowest BCUT2D eigenvalue weighted by molar-refractivity contribution is -0.106. The van der Waals surface area contributed by atoms with Crippen LogP contribution in [0.2, 0.25) is 0 Å². The molecule has 0 radical (unpaired) electrons. The van der Waals surface area contributed by atoms with Crippen molar-refractivity contribution < 1.29 is 4.79 Å². The van der Waals surface area contributed by atoms with Gasteiger partial charge in [-0.1, -0.05) is 61.2 Å². The van der Waals surface area contributed by atoms with Crippen molar-refractivity contribution in [1.82, 2.24) is 0 Å². The van der Waals surface area contributed by atoms with E-state index in [1.54, 1.807) is 4.90 Å². The molecule has 0 saturated carbocycles. The van der Waals surface area contributed by atoms with E-state index in [-0.39, 0.29) is 0 Å². The van der Waals surface area contributed by atoms with Crippen LogP contribution in [-0.4, -0.2) is 12.1 Å². The molecule has 134 valence electrons. The van der Waals surface area contributed by atoms with Crippen molar-refractivity contribution in [3.8, 4) is 0 Å². The van der Waals surface area contributed by atoms with Crippen LogP contribution in [0.1, 0.15) is 23.6 Å². The van der Waals surface area contributed by atoms with Crippen molar-refractivity contribution in [2.75, 3.05) is 4.90 Å². The van der Waals surface area contributed by atoms with Gasteiger partial charge < -0.3 is 0 Å². The average molecular weight is 354 g/mol. The SMILES string of the molecule is C=Cc1ccc(C)c(/N=C(\C)c2ccccc2N(C=O)c2ccccc2)c1. The summed E-state index contributed by atoms with van der Waals surface area (Å²) in [5.74, 6) is 0. The number of anilines is 2. The maximum absolute atomic E-state index is 11.9. The van der Waals surface area contributed by atoms with Crippen LogP contribution in [0.3, 0.4) is 0 Å². The highest BCUT2D eigenvalue weighted by molar-refractivity contribution is 6.07. The van der Waals surface area contributed by atoms with Crippen LogP contribution in [0.15, 0.2) is 84.4 Å². The first-order chi connectivity index (χ1) is 13.1. The monoisotopic (exact) mass is 354 g/mol. The smallest absolute Gasteiger partial charge is 0.218 e. The number of hydrogen-bond acceptors (Lipinski definition) is 2. The fourth-order valence-corrected chi connectivity index (χ4v) is 2.95. The zero-order valence-electron chi connectivity index (χ0n) is 15.6. The van der Waals surface area contributed by atoms with Crippen molar-refractivity contribution in [3.05, 3.63) is 96.1 Å². The molecule has 1 amide bonds. The van der Waals surface area contributed by atoms with E-state index >= 15 is 0 Å². The van der Waals surface area contributed by atoms with Gasteiger partial charge in [0.15, 0.2) is 0 Å². The number of hydrogen-bond donors (Lipinski definition) is 0. The number of carbonyl (C=O) groups excluding carboxylic acids is 1. The maximum Gasteiger partial charge on any atom is 0.218 e. The molecule has 3 rings (SSSR count). The second kappa shape index (κ2) is 8.28. The first-order valence-corrected chi connectivity index (χ1v) is 8.81. The minimum absolute atomic E-state index is 0.803. The topological polar surface area (TPSA) is 32.7 Å². The number of aliphatic imine (C=N–C) groups is 1. The Morgan fingerprint density at radius 3 is 2.41 bits per heavy atom. The summed E-state index contributed by atoms with van der Waals surface area (Å²) in [6.45, 7) is 7.83. The molecule has 0 heterocycles. The predicted molar refractivity (Wildman–Crippen MR) is 114 cm³/mol. The Bertz CT molecular complexity index is 990. The molecule has 3 aromatic rings. The van der Waals surface area contributed by atoms with Crippen molar-refractivity contribution in [2.45, 2.75) is 13.8 Å². The van der Waals surface area contributed by atoms with E-state index < -0.39 is 0 Å². The van der Waals surface area contributed by atoms with Gasteiger partial charge in [-0.2, -0.15) is 0 Å². The molecule has 0 aliphatic rings. The third kappa shape index (κ3) is 4.04. The zero-order chi connectivity index (χ0) is 19.2. The van der Waals surface area contributed by atoms with E-state index in [4.69, 9.17) is 4.99 Å². The maximum atomic E-state index is 11.9. The summed E-state index contributed by atoms with van der Waals surface area (Å²) >= 11 is 0. The second-order valence-electron chi connectivity index (χ2n) is 6.28. The van der Waals surface area contributed by atoms with Crippen LogP contribution in [0.25, 0.3) is 6.08 Å². The summed E-state index contributed by atoms with van der Waals surface area (Å²) in [7, 11) is 0. The van der Waals surface area contributed by atoms with E-state index in [0.29, 0.717) is 0 Å². The lowest BCUT2D eigenvalue weighted by Gasteiger charge is -2.21. The summed E-state index contributed by atoms with van der Waals surface area (Å²) in [5, 5.41) is 0. The Labute approximate surface area is 160 Å². The molecule has 3 heteroatoms. The largest absolute Gasteiger partial charge is 0.283 e. The predicted octanol–water partition coefficient (Wildman–Crippen LogP) is 6.07. The fraction of sp³-hybridized carbons (Fsp3) is 0.0833. The van der Waals surface area contributed by atoms with Gasteiger partial charge in [-0.15, -0.1) is 0 Å². The van der Waals surface area contributed by atoms with Crippen molar-refractivity contribution in [2.24, 2.45) is 4.99 Å². The van der Waals surface area contributed by atoms with Crippen LogP contribution >= 0.6 is 0 Å². The molecule has 27 heavy (non-hydrogen) atoms. The molecule has 0 aliphatic heterocycles. The highest BCUT2D eigenvalue weighted by Crippen LogP contribution is 2.29. The Morgan fingerprint density at radius 2 is 1.70 bits per heavy atom. The third-order valence-corrected chi connectivity index (χ3v) is 4.45. The van der Waals surface area contributed by atoms with Crippen molar-refractivity contribution >= 4 is 35.3 Å². The third-order valence-electron chi connectivity index (χ3n) is 4.45. The molecule has 0 spiro atoms. The Kier molecular flexibility index (Phi) is 5.62. The van der Waals surface area contributed by atoms with Crippen LogP contribution in [0.5, 0.6) is 0 Å². The highest BCUT2D eigenvalue weighted by Gasteiger charge is 2.14. The first-order valence-electron chi connectivity index (χ1n) is 8.81. The lowest BCUT2D eigenvalue weighted by atomic mass is 10.1. The molecular weight excluding hydrogens is 332 g/mol. The van der Waals surface area contributed by atoms with Gasteiger partial charge >= 0.3 is 0 Å². The zero-order valence-corrected chi connectivity index (χ0v) is 15.6. The number of rotatable bonds is 6. The van der Waals surface area contributed by atoms with E-state index in [2.05, 4.69) is 6.58 Å². The fourth-order valence-electron chi connectivity index (χ4n) is 2.95. The molecule has 3 nitrogen and oxygen atoms in total. The number of aryl methyl sites for hydroxylation is 1. The highest BCUT2D eigenvalue weighted by atomic mass is 16.1. The number of carbonyl (C=O) groups is 1. The molecule has 0 saturated heterocycles. The summed E-state index contributed by atoms with van der Waals surface area (Å²) in [6.07, 6.45) is 2.65. The van der Waals surface area contributed by atoms with Crippen LogP contribution in [0.4, 0.5) is 17.1 Å². The first kappa shape index (κ1) is 18.3. The molecule has 3 aromatic carbocycles. The Hall–Kier alpha value is -3.46. The average Bonchev–Trinajstić information content (AvgIpc) is 2.71. The minimum Gasteiger partial charge on any atom is -0.283 e. The van der Waals surface area contributed by atoms with Gasteiger partial charge in [-0.3, -0.25) is 14.7 Å². The molecule has 0 unspecified atom stereocenters. The second-order valence-corrected chi connectivity index (χ2v) is 6.28. The summed E-state index contributed by atoms with van der Waals surface area (Å²) in [6, 6.07) is 23.5. The molecule has 0 aromatic heterocycles. The van der Waals surface area contributed by atoms with Gasteiger partial charge in [-0.25, -0.2) is 0 Å². The molecule has 0 atom stereocenters. The summed E-state index contributed by atoms with van der Waals surface area (Å²) in [4.78, 5) is 18.3. The van der Waals surface area contributed by atoms with Crippen LogP contribution < -0.4 is 4.90 Å². The van der Waals surface area contributed by atoms with Gasteiger partial charge in [0.1, 0.15) is 0 Å². The molecule has 0 aliphatic carbocycles. The normalized spacial score (nSPS) is 11.1. The van der Waals surface area contributed by atoms with Gasteiger partial charge in [0.05, 0.1) is 11.4 Å². The number of amides is 1. The molecule has 0 fully saturated rings. The number of nitrogens with zero attached hydrogens (tertiary/aromatic N) is 2. The quantitative estimate of drug-likeness (QED) is 0.390. The van der Waals surface area contributed by atoms with Gasteiger partial charge in [-0.05, 0) is 49.2 Å². The van der Waals surface area contributed by atoms with Crippen molar-refractivity contribution in [3.63, 3.8) is 0 Å². The standard InChI is InChI=1S/C24H22N2O/c1-4-20-15-14-18(2)23(16-20)25-19(3)22-12-8-9-13-24(22)26(17-27)21-10-6-5-7-11-21/h4-17H,1H2,2-3H3/b25-19+. The van der Waals surface area contributed by atoms with Crippen LogP contribution in [0, 0.1) is 6.92 Å². The Balaban J connectivity index is 2.08. The lowest BCUT2D eigenvalue weighted by Crippen LogP contribution is -2.17. The van der Waals surface area contributed by atoms with Crippen molar-refractivity contribution in [1.29, 1.82) is 0 Å². The van der Waals surface area contributed by atoms with E-state index in [9.17, 15) is 4.79 Å². The van der Waals surface area contributed by atoms with Gasteiger partial charge in [0.25, 0.3) is 0 Å². The van der Waals surface area contributed by atoms with E-state index in [0.717, 1.165) is 45.9 Å². The Morgan fingerprint density at radius 1 is 1.00 bits per heavy atom. The van der Waals surface area contributed by atoms with Gasteiger partial charge in [0.2, 0.25) is 6.41 Å².